The second-order valence-corrected chi connectivity index (χ2v) is 5.36. The molecule has 0 spiro atoms. The molecule has 0 unspecified atom stereocenters. The van der Waals surface area contributed by atoms with Crippen LogP contribution in [0, 0.1) is 0 Å². The average molecular weight is 294 g/mol. The number of nitrogens with zero attached hydrogens (tertiary/aromatic N) is 1. The first-order valence-electron chi connectivity index (χ1n) is 5.44. The van der Waals surface area contributed by atoms with E-state index in [9.17, 15) is 14.7 Å². The third-order valence-corrected chi connectivity index (χ3v) is 3.68. The van der Waals surface area contributed by atoms with Gasteiger partial charge < -0.3 is 15.2 Å². The Morgan fingerprint density at radius 2 is 2.11 bits per heavy atom. The van der Waals surface area contributed by atoms with Crippen molar-refractivity contribution in [2.24, 2.45) is 0 Å². The van der Waals surface area contributed by atoms with Crippen LogP contribution in [0.1, 0.15) is 0 Å². The summed E-state index contributed by atoms with van der Waals surface area (Å²) in [4.78, 5) is 24.3. The Bertz CT molecular complexity index is 557. The summed E-state index contributed by atoms with van der Waals surface area (Å²) in [5.74, 6) is -1.43. The standard InChI is InChI=1S/C12H10N2O3S2/c15-10(16)7-13-6-9-11(17)14(12(18)19-9)8-4-2-1-3-5-8/h1-6,13H,7H2,(H,15,16)/b9-6-. The Morgan fingerprint density at radius 1 is 1.42 bits per heavy atom. The van der Waals surface area contributed by atoms with E-state index in [4.69, 9.17) is 12.2 Å². The van der Waals surface area contributed by atoms with Gasteiger partial charge >= 0.3 is 0 Å². The van der Waals surface area contributed by atoms with Crippen molar-refractivity contribution in [3.63, 3.8) is 0 Å². The predicted octanol–water partition coefficient (Wildman–Crippen LogP) is -0.794. The zero-order valence-corrected chi connectivity index (χ0v) is 11.4. The summed E-state index contributed by atoms with van der Waals surface area (Å²) >= 11 is 6.32. The van der Waals surface area contributed by atoms with E-state index in [2.05, 4.69) is 0 Å². The maximum Gasteiger partial charge on any atom is 0.276 e. The van der Waals surface area contributed by atoms with Crippen LogP contribution in [0.4, 0.5) is 5.69 Å². The van der Waals surface area contributed by atoms with Crippen molar-refractivity contribution < 1.29 is 20.0 Å². The molecule has 19 heavy (non-hydrogen) atoms. The quantitative estimate of drug-likeness (QED) is 0.581. The number of para-hydroxylation sites is 1. The van der Waals surface area contributed by atoms with E-state index in [1.165, 1.54) is 16.4 Å². The van der Waals surface area contributed by atoms with Gasteiger partial charge in [0.2, 0.25) is 0 Å². The number of carboxylic acid groups (broad SMARTS) is 1. The number of anilines is 1. The lowest BCUT2D eigenvalue weighted by Crippen LogP contribution is -2.81. The van der Waals surface area contributed by atoms with Gasteiger partial charge in [0.15, 0.2) is 4.32 Å². The molecule has 2 N–H and O–H groups in total. The smallest absolute Gasteiger partial charge is 0.276 e. The molecule has 1 aromatic carbocycles. The summed E-state index contributed by atoms with van der Waals surface area (Å²) in [7, 11) is 0. The van der Waals surface area contributed by atoms with Gasteiger partial charge in [0.05, 0.1) is 11.7 Å². The number of nitrogens with two attached hydrogens (primary N) is 1. The Morgan fingerprint density at radius 3 is 2.74 bits per heavy atom. The number of hydrogen-bond donors (Lipinski definition) is 1. The second-order valence-electron chi connectivity index (χ2n) is 3.69. The number of carboxylic acids is 1. The van der Waals surface area contributed by atoms with Crippen LogP contribution >= 0.6 is 24.0 Å². The van der Waals surface area contributed by atoms with Crippen molar-refractivity contribution in [3.05, 3.63) is 41.4 Å². The third-order valence-electron chi connectivity index (χ3n) is 2.36. The SMILES string of the molecule is O=C([O-])C[NH2+]/C=C1\SC(=S)N(c2ccccc2)C1=O. The van der Waals surface area contributed by atoms with Crippen LogP contribution in [0.3, 0.4) is 0 Å². The Balaban J connectivity index is 2.15. The molecule has 1 aliphatic heterocycles. The Labute approximate surface area is 119 Å². The molecule has 7 heteroatoms. The van der Waals surface area contributed by atoms with Gasteiger partial charge in [0, 0.05) is 0 Å². The molecule has 5 nitrogen and oxygen atoms in total. The number of thioether (sulfide) groups is 1. The van der Waals surface area contributed by atoms with Gasteiger partial charge in [-0.25, -0.2) is 0 Å². The van der Waals surface area contributed by atoms with Crippen LogP contribution in [0.25, 0.3) is 0 Å². The van der Waals surface area contributed by atoms with Crippen molar-refractivity contribution in [2.75, 3.05) is 11.4 Å². The lowest BCUT2D eigenvalue weighted by molar-refractivity contribution is -0.585. The fourth-order valence-corrected chi connectivity index (χ4v) is 2.81. The fourth-order valence-electron chi connectivity index (χ4n) is 1.54. The van der Waals surface area contributed by atoms with Gasteiger partial charge in [0.1, 0.15) is 17.6 Å². The molecule has 0 bridgehead atoms. The number of amides is 1. The van der Waals surface area contributed by atoms with Crippen LogP contribution in [0.15, 0.2) is 41.4 Å². The number of rotatable bonds is 4. The summed E-state index contributed by atoms with van der Waals surface area (Å²) in [5, 5.41) is 11.7. The van der Waals surface area contributed by atoms with Gasteiger partial charge in [-0.1, -0.05) is 30.4 Å². The highest BCUT2D eigenvalue weighted by Crippen LogP contribution is 2.33. The molecule has 2 rings (SSSR count). The van der Waals surface area contributed by atoms with Crippen molar-refractivity contribution in [1.82, 2.24) is 0 Å². The number of aliphatic carboxylic acids is 1. The van der Waals surface area contributed by atoms with Crippen LogP contribution in [-0.2, 0) is 9.59 Å². The van der Waals surface area contributed by atoms with Crippen LogP contribution in [0.2, 0.25) is 0 Å². The maximum atomic E-state index is 12.2. The number of hydrogen-bond acceptors (Lipinski definition) is 5. The van der Waals surface area contributed by atoms with Gasteiger partial charge in [-0.2, -0.15) is 0 Å². The summed E-state index contributed by atoms with van der Waals surface area (Å²) in [5.41, 5.74) is 0.702. The number of thiocarbonyl (C=S) groups is 1. The first-order chi connectivity index (χ1) is 9.09. The molecule has 1 fully saturated rings. The number of quaternary nitrogens is 1. The van der Waals surface area contributed by atoms with E-state index in [1.807, 2.05) is 18.2 Å². The van der Waals surface area contributed by atoms with Crippen LogP contribution in [-0.4, -0.2) is 22.7 Å². The lowest BCUT2D eigenvalue weighted by atomic mass is 10.3. The second kappa shape index (κ2) is 5.96. The normalized spacial score (nSPS) is 17.3. The zero-order valence-electron chi connectivity index (χ0n) is 9.74. The van der Waals surface area contributed by atoms with Crippen molar-refractivity contribution in [1.29, 1.82) is 0 Å². The Hall–Kier alpha value is -1.70. The monoisotopic (exact) mass is 294 g/mol. The molecule has 0 saturated carbocycles. The predicted molar refractivity (Wildman–Crippen MR) is 74.0 cm³/mol. The Kier molecular flexibility index (Phi) is 4.31. The molecule has 0 aromatic heterocycles. The molecule has 1 amide bonds. The minimum absolute atomic E-state index is 0.227. The molecule has 98 valence electrons. The number of carbonyl (C=O) groups excluding carboxylic acids is 2. The molecule has 0 aliphatic carbocycles. The van der Waals surface area contributed by atoms with Gasteiger partial charge in [-0.05, 0) is 23.9 Å². The molecule has 1 heterocycles. The van der Waals surface area contributed by atoms with Crippen LogP contribution in [0.5, 0.6) is 0 Å². The van der Waals surface area contributed by atoms with Crippen molar-refractivity contribution in [2.45, 2.75) is 0 Å². The molecule has 0 radical (unpaired) electrons. The summed E-state index contributed by atoms with van der Waals surface area (Å²) < 4.78 is 0.435. The highest BCUT2D eigenvalue weighted by Gasteiger charge is 2.34. The van der Waals surface area contributed by atoms with Crippen molar-refractivity contribution in [3.8, 4) is 0 Å². The molecule has 1 aromatic rings. The fraction of sp³-hybridized carbons (Fsp3) is 0.0833. The minimum atomic E-state index is -1.19. The molecule has 1 aliphatic rings. The number of carbonyl (C=O) groups is 2. The van der Waals surface area contributed by atoms with E-state index < -0.39 is 5.97 Å². The molecule has 1 saturated heterocycles. The highest BCUT2D eigenvalue weighted by molar-refractivity contribution is 8.27. The van der Waals surface area contributed by atoms with E-state index in [0.717, 1.165) is 11.8 Å². The summed E-state index contributed by atoms with van der Waals surface area (Å²) in [6.07, 6.45) is 1.47. The van der Waals surface area contributed by atoms with Crippen molar-refractivity contribution >= 4 is 45.9 Å². The first kappa shape index (κ1) is 13.7. The van der Waals surface area contributed by atoms with Crippen LogP contribution < -0.4 is 15.3 Å². The third kappa shape index (κ3) is 3.19. The van der Waals surface area contributed by atoms with Gasteiger partial charge in [-0.15, -0.1) is 0 Å². The van der Waals surface area contributed by atoms with Gasteiger partial charge in [-0.3, -0.25) is 9.69 Å². The maximum absolute atomic E-state index is 12.2. The zero-order chi connectivity index (χ0) is 13.8. The minimum Gasteiger partial charge on any atom is -0.544 e. The van der Waals surface area contributed by atoms with Gasteiger partial charge in [0.25, 0.3) is 5.91 Å². The first-order valence-corrected chi connectivity index (χ1v) is 6.66. The largest absolute Gasteiger partial charge is 0.544 e. The molecule has 0 atom stereocenters. The highest BCUT2D eigenvalue weighted by atomic mass is 32.2. The molecular weight excluding hydrogens is 284 g/mol. The topological polar surface area (TPSA) is 77.0 Å². The summed E-state index contributed by atoms with van der Waals surface area (Å²) in [6.45, 7) is -0.227. The van der Waals surface area contributed by atoms with E-state index in [-0.39, 0.29) is 12.5 Å². The van der Waals surface area contributed by atoms with E-state index in [1.54, 1.807) is 12.1 Å². The number of benzene rings is 1. The lowest BCUT2D eigenvalue weighted by Gasteiger charge is -2.13. The summed E-state index contributed by atoms with van der Waals surface area (Å²) in [6, 6.07) is 9.07. The van der Waals surface area contributed by atoms with E-state index in [0.29, 0.717) is 14.9 Å². The molecular formula is C12H10N2O3S2. The average Bonchev–Trinajstić information content (AvgIpc) is 2.65. The van der Waals surface area contributed by atoms with E-state index >= 15 is 0 Å².